The number of hydrogen-bond donors (Lipinski definition) is 4. The van der Waals surface area contributed by atoms with Gasteiger partial charge in [-0.2, -0.15) is 0 Å². The molecule has 0 aliphatic carbocycles. The number of hydrazone groups is 1. The largest absolute Gasteiger partial charge is 0.504 e. The van der Waals surface area contributed by atoms with Crippen LogP contribution in [0.25, 0.3) is 0 Å². The maximum absolute atomic E-state index is 10.8. The van der Waals surface area contributed by atoms with E-state index in [1.54, 1.807) is 0 Å². The van der Waals surface area contributed by atoms with Crippen LogP contribution in [0.5, 0.6) is 11.5 Å². The zero-order chi connectivity index (χ0) is 15.1. The third-order valence-corrected chi connectivity index (χ3v) is 2.52. The number of thiocarbonyl (C=S) groups is 1. The fourth-order valence-electron chi connectivity index (χ4n) is 1.37. The Bertz CT molecular complexity index is 547. The van der Waals surface area contributed by atoms with Crippen molar-refractivity contribution >= 4 is 29.2 Å². The van der Waals surface area contributed by atoms with Crippen LogP contribution in [0.15, 0.2) is 12.1 Å². The Hall–Kier alpha value is -2.42. The van der Waals surface area contributed by atoms with Crippen LogP contribution in [0.4, 0.5) is 5.69 Å². The maximum atomic E-state index is 10.8. The quantitative estimate of drug-likeness (QED) is 0.244. The molecule has 1 rings (SSSR count). The molecular weight excluding hydrogens is 284 g/mol. The predicted molar refractivity (Wildman–Crippen MR) is 76.9 cm³/mol. The van der Waals surface area contributed by atoms with Crippen molar-refractivity contribution in [2.24, 2.45) is 0 Å². The first-order chi connectivity index (χ1) is 9.49. The molecule has 0 saturated carbocycles. The molecule has 20 heavy (non-hydrogen) atoms. The average Bonchev–Trinajstić information content (AvgIpc) is 2.40. The molecular formula is C11H15N4O4S+. The Morgan fingerprint density at radius 2 is 2.35 bits per heavy atom. The number of ether oxygens (including phenoxy) is 1. The summed E-state index contributed by atoms with van der Waals surface area (Å²) in [5.74, 6) is -0.191. The van der Waals surface area contributed by atoms with Crippen molar-refractivity contribution in [3.63, 3.8) is 0 Å². The molecule has 0 amide bonds. The number of aromatic hydroxyl groups is 1. The van der Waals surface area contributed by atoms with E-state index in [-0.39, 0.29) is 22.7 Å². The summed E-state index contributed by atoms with van der Waals surface area (Å²) in [6.45, 7) is 2.54. The van der Waals surface area contributed by atoms with Crippen molar-refractivity contribution in [1.82, 2.24) is 10.7 Å². The summed E-state index contributed by atoms with van der Waals surface area (Å²) >= 11 is 4.92. The van der Waals surface area contributed by atoms with Crippen molar-refractivity contribution < 1.29 is 19.9 Å². The summed E-state index contributed by atoms with van der Waals surface area (Å²) in [5.41, 5.74) is 2.64. The Balaban J connectivity index is 2.98. The van der Waals surface area contributed by atoms with Gasteiger partial charge in [0.1, 0.15) is 0 Å². The normalized spacial score (nSPS) is 10.3. The summed E-state index contributed by atoms with van der Waals surface area (Å²) < 4.78 is 4.88. The Morgan fingerprint density at radius 3 is 2.90 bits per heavy atom. The maximum Gasteiger partial charge on any atom is 0.274 e. The van der Waals surface area contributed by atoms with E-state index in [1.807, 2.05) is 6.92 Å². The molecule has 0 bridgehead atoms. The van der Waals surface area contributed by atoms with Gasteiger partial charge < -0.3 is 15.2 Å². The van der Waals surface area contributed by atoms with Gasteiger partial charge in [0, 0.05) is 12.6 Å². The topological polar surface area (TPSA) is 111 Å². The number of hydrazine groups is 1. The van der Waals surface area contributed by atoms with Gasteiger partial charge in [-0.3, -0.25) is 10.1 Å². The van der Waals surface area contributed by atoms with Gasteiger partial charge in [-0.1, -0.05) is 0 Å². The SMILES string of the molecule is CCNC(=S)N[NH+]=Cc1cc([N+](=O)[O-])cc(OC)c1O. The Labute approximate surface area is 120 Å². The van der Waals surface area contributed by atoms with Crippen molar-refractivity contribution in [2.75, 3.05) is 13.7 Å². The molecule has 1 aromatic carbocycles. The van der Waals surface area contributed by atoms with E-state index in [9.17, 15) is 15.2 Å². The Morgan fingerprint density at radius 1 is 1.65 bits per heavy atom. The molecule has 0 fully saturated rings. The van der Waals surface area contributed by atoms with Gasteiger partial charge in [0.15, 0.2) is 11.5 Å². The summed E-state index contributed by atoms with van der Waals surface area (Å²) in [7, 11) is 1.31. The number of benzene rings is 1. The first-order valence-electron chi connectivity index (χ1n) is 5.67. The lowest BCUT2D eigenvalue weighted by Crippen LogP contribution is -2.82. The van der Waals surface area contributed by atoms with E-state index >= 15 is 0 Å². The van der Waals surface area contributed by atoms with Crippen molar-refractivity contribution in [3.05, 3.63) is 27.8 Å². The molecule has 0 heterocycles. The Kier molecular flexibility index (Phi) is 5.66. The van der Waals surface area contributed by atoms with Crippen LogP contribution >= 0.6 is 12.2 Å². The molecule has 108 valence electrons. The third kappa shape index (κ3) is 4.05. The van der Waals surface area contributed by atoms with Gasteiger partial charge in [0.05, 0.1) is 23.7 Å². The van der Waals surface area contributed by atoms with Gasteiger partial charge in [0.25, 0.3) is 5.69 Å². The predicted octanol–water partition coefficient (Wildman–Crippen LogP) is -0.792. The van der Waals surface area contributed by atoms with Crippen LogP contribution in [0.3, 0.4) is 0 Å². The highest BCUT2D eigenvalue weighted by Crippen LogP contribution is 2.32. The van der Waals surface area contributed by atoms with E-state index < -0.39 is 4.92 Å². The van der Waals surface area contributed by atoms with Crippen molar-refractivity contribution in [1.29, 1.82) is 0 Å². The highest BCUT2D eigenvalue weighted by Gasteiger charge is 2.17. The molecule has 0 unspecified atom stereocenters. The van der Waals surface area contributed by atoms with Crippen molar-refractivity contribution in [2.45, 2.75) is 6.92 Å². The van der Waals surface area contributed by atoms with Crippen molar-refractivity contribution in [3.8, 4) is 11.5 Å². The number of rotatable bonds is 5. The number of nitro benzene ring substituents is 1. The van der Waals surface area contributed by atoms with Gasteiger partial charge in [-0.15, -0.1) is 10.5 Å². The second-order valence-corrected chi connectivity index (χ2v) is 4.02. The molecule has 4 N–H and O–H groups in total. The summed E-state index contributed by atoms with van der Waals surface area (Å²) in [4.78, 5) is 10.2. The van der Waals surface area contributed by atoms with Gasteiger partial charge in [-0.25, -0.2) is 0 Å². The fraction of sp³-hybridized carbons (Fsp3) is 0.273. The minimum atomic E-state index is -0.573. The summed E-state index contributed by atoms with van der Waals surface area (Å²) in [5, 5.41) is 26.5. The molecule has 8 nitrogen and oxygen atoms in total. The lowest BCUT2D eigenvalue weighted by Gasteiger charge is -2.04. The molecule has 0 radical (unpaired) electrons. The smallest absolute Gasteiger partial charge is 0.274 e. The summed E-state index contributed by atoms with van der Waals surface area (Å²) in [6.07, 6.45) is 1.34. The molecule has 9 heteroatoms. The number of methoxy groups -OCH3 is 1. The average molecular weight is 299 g/mol. The molecule has 0 aliphatic heterocycles. The minimum Gasteiger partial charge on any atom is -0.504 e. The monoisotopic (exact) mass is 299 g/mol. The van der Waals surface area contributed by atoms with Gasteiger partial charge >= 0.3 is 0 Å². The van der Waals surface area contributed by atoms with Crippen LogP contribution in [0, 0.1) is 10.1 Å². The standard InChI is InChI=1S/C11H14N4O4S/c1-3-12-11(20)14-13-6-7-4-8(15(17)18)5-9(19-2)10(7)16/h4-6,16H,3H2,1-2H3,(H2,12,14,20)/p+1. The highest BCUT2D eigenvalue weighted by molar-refractivity contribution is 7.80. The van der Waals surface area contributed by atoms with Crippen LogP contribution in [0.2, 0.25) is 0 Å². The molecule has 0 aromatic heterocycles. The van der Waals surface area contributed by atoms with Crippen LogP contribution in [0.1, 0.15) is 12.5 Å². The molecule has 0 spiro atoms. The first-order valence-corrected chi connectivity index (χ1v) is 6.08. The molecule has 0 saturated heterocycles. The van der Waals surface area contributed by atoms with E-state index in [0.29, 0.717) is 11.7 Å². The molecule has 0 aliphatic rings. The number of nitrogens with zero attached hydrogens (tertiary/aromatic N) is 1. The molecule has 1 aromatic rings. The van der Waals surface area contributed by atoms with Crippen LogP contribution < -0.4 is 20.6 Å². The van der Waals surface area contributed by atoms with Crippen LogP contribution in [-0.2, 0) is 0 Å². The second-order valence-electron chi connectivity index (χ2n) is 3.62. The third-order valence-electron chi connectivity index (χ3n) is 2.27. The zero-order valence-electron chi connectivity index (χ0n) is 11.0. The van der Waals surface area contributed by atoms with E-state index in [1.165, 1.54) is 19.4 Å². The van der Waals surface area contributed by atoms with E-state index in [4.69, 9.17) is 17.0 Å². The van der Waals surface area contributed by atoms with E-state index in [0.717, 1.165) is 6.07 Å². The number of hydrogen-bond acceptors (Lipinski definition) is 5. The number of phenols is 1. The van der Waals surface area contributed by atoms with Crippen LogP contribution in [-0.4, -0.2) is 35.0 Å². The second kappa shape index (κ2) is 7.24. The van der Waals surface area contributed by atoms with E-state index in [2.05, 4.69) is 15.8 Å². The number of non-ortho nitro benzene ring substituents is 1. The van der Waals surface area contributed by atoms with Gasteiger partial charge in [0.2, 0.25) is 11.3 Å². The number of phenolic OH excluding ortho intramolecular Hbond substituents is 1. The molecule has 0 atom stereocenters. The highest BCUT2D eigenvalue weighted by atomic mass is 32.1. The zero-order valence-corrected chi connectivity index (χ0v) is 11.8. The minimum absolute atomic E-state index is 0.0153. The summed E-state index contributed by atoms with van der Waals surface area (Å²) in [6, 6.07) is 2.35. The number of nitrogens with one attached hydrogen (secondary N) is 3. The lowest BCUT2D eigenvalue weighted by molar-refractivity contribution is -0.500. The lowest BCUT2D eigenvalue weighted by atomic mass is 10.2. The van der Waals surface area contributed by atoms with Gasteiger partial charge in [-0.05, 0) is 19.1 Å². The number of nitro groups is 1. The fourth-order valence-corrected chi connectivity index (χ4v) is 1.57. The first kappa shape index (κ1) is 15.6.